The molecule has 0 amide bonds. The van der Waals surface area contributed by atoms with Crippen LogP contribution in [0.4, 0.5) is 8.78 Å². The van der Waals surface area contributed by atoms with Gasteiger partial charge in [0.25, 0.3) is 6.43 Å². The molecule has 0 spiro atoms. The molecule has 1 aromatic rings. The Morgan fingerprint density at radius 2 is 2.00 bits per heavy atom. The van der Waals surface area contributed by atoms with Gasteiger partial charge in [-0.1, -0.05) is 32.0 Å². The van der Waals surface area contributed by atoms with Crippen LogP contribution in [-0.4, -0.2) is 24.4 Å². The third-order valence-electron chi connectivity index (χ3n) is 3.38. The lowest BCUT2D eigenvalue weighted by molar-refractivity contribution is 0.0820. The van der Waals surface area contributed by atoms with E-state index in [-0.39, 0.29) is 6.54 Å². The van der Waals surface area contributed by atoms with Gasteiger partial charge >= 0.3 is 0 Å². The summed E-state index contributed by atoms with van der Waals surface area (Å²) in [6.07, 6.45) is -1.34. The van der Waals surface area contributed by atoms with Gasteiger partial charge in [-0.15, -0.1) is 0 Å². The second kappa shape index (κ2) is 5.13. The Labute approximate surface area is 101 Å². The number of halogens is 2. The average Bonchev–Trinajstić information content (AvgIpc) is 2.27. The summed E-state index contributed by atoms with van der Waals surface area (Å²) in [5.74, 6) is 0.527. The largest absolute Gasteiger partial charge is 0.293 e. The van der Waals surface area contributed by atoms with Gasteiger partial charge in [-0.3, -0.25) is 4.90 Å². The van der Waals surface area contributed by atoms with Crippen molar-refractivity contribution >= 4 is 0 Å². The molecule has 3 heteroatoms. The first-order chi connectivity index (χ1) is 8.06. The lowest BCUT2D eigenvalue weighted by atomic mass is 9.93. The van der Waals surface area contributed by atoms with Crippen molar-refractivity contribution in [1.29, 1.82) is 0 Å². The first-order valence-corrected chi connectivity index (χ1v) is 6.18. The van der Waals surface area contributed by atoms with Gasteiger partial charge < -0.3 is 0 Å². The van der Waals surface area contributed by atoms with Gasteiger partial charge in [-0.05, 0) is 29.0 Å². The first kappa shape index (κ1) is 12.5. The normalized spacial score (nSPS) is 16.6. The third kappa shape index (κ3) is 3.03. The van der Waals surface area contributed by atoms with Crippen molar-refractivity contribution in [2.75, 3.05) is 13.1 Å². The SMILES string of the molecule is CC(C)c1ccc2c(c1)CCN(CC(F)F)C2. The van der Waals surface area contributed by atoms with Crippen molar-refractivity contribution in [2.45, 2.75) is 39.2 Å². The molecule has 0 atom stereocenters. The molecule has 94 valence electrons. The van der Waals surface area contributed by atoms with Crippen molar-refractivity contribution < 1.29 is 8.78 Å². The molecular formula is C14H19F2N. The fourth-order valence-electron chi connectivity index (χ4n) is 2.34. The molecular weight excluding hydrogens is 220 g/mol. The summed E-state index contributed by atoms with van der Waals surface area (Å²) in [4.78, 5) is 1.84. The summed E-state index contributed by atoms with van der Waals surface area (Å²) in [6, 6.07) is 6.46. The zero-order valence-corrected chi connectivity index (χ0v) is 10.4. The van der Waals surface area contributed by atoms with Crippen LogP contribution in [0.5, 0.6) is 0 Å². The van der Waals surface area contributed by atoms with Crippen LogP contribution in [0.25, 0.3) is 0 Å². The fourth-order valence-corrected chi connectivity index (χ4v) is 2.34. The van der Waals surface area contributed by atoms with Crippen LogP contribution in [0.1, 0.15) is 36.5 Å². The Kier molecular flexibility index (Phi) is 3.77. The van der Waals surface area contributed by atoms with E-state index in [1.54, 1.807) is 0 Å². The van der Waals surface area contributed by atoms with E-state index >= 15 is 0 Å². The standard InChI is InChI=1S/C14H19F2N/c1-10(2)11-3-4-13-8-17(9-14(15)16)6-5-12(13)7-11/h3-4,7,10,14H,5-6,8-9H2,1-2H3. The molecule has 0 radical (unpaired) electrons. The van der Waals surface area contributed by atoms with Crippen LogP contribution in [-0.2, 0) is 13.0 Å². The Hall–Kier alpha value is -0.960. The van der Waals surface area contributed by atoms with Crippen LogP contribution >= 0.6 is 0 Å². The highest BCUT2D eigenvalue weighted by Crippen LogP contribution is 2.24. The lowest BCUT2D eigenvalue weighted by Gasteiger charge is -2.29. The minimum absolute atomic E-state index is 0.106. The molecule has 0 saturated heterocycles. The zero-order chi connectivity index (χ0) is 12.4. The van der Waals surface area contributed by atoms with Gasteiger partial charge in [0, 0.05) is 13.1 Å². The summed E-state index contributed by atoms with van der Waals surface area (Å²) >= 11 is 0. The molecule has 0 aliphatic carbocycles. The van der Waals surface area contributed by atoms with Crippen LogP contribution in [0, 0.1) is 0 Å². The van der Waals surface area contributed by atoms with Gasteiger partial charge in [0.15, 0.2) is 0 Å². The van der Waals surface area contributed by atoms with E-state index in [9.17, 15) is 8.78 Å². The monoisotopic (exact) mass is 239 g/mol. The predicted octanol–water partition coefficient (Wildman–Crippen LogP) is 3.43. The molecule has 17 heavy (non-hydrogen) atoms. The molecule has 1 aromatic carbocycles. The summed E-state index contributed by atoms with van der Waals surface area (Å²) in [5, 5.41) is 0. The van der Waals surface area contributed by atoms with Crippen molar-refractivity contribution in [3.05, 3.63) is 34.9 Å². The summed E-state index contributed by atoms with van der Waals surface area (Å²) in [5.41, 5.74) is 3.88. The molecule has 0 unspecified atom stereocenters. The van der Waals surface area contributed by atoms with Crippen LogP contribution < -0.4 is 0 Å². The maximum Gasteiger partial charge on any atom is 0.251 e. The molecule has 0 N–H and O–H groups in total. The Morgan fingerprint density at radius 3 is 2.65 bits per heavy atom. The van der Waals surface area contributed by atoms with E-state index in [1.165, 1.54) is 16.7 Å². The van der Waals surface area contributed by atoms with E-state index in [1.807, 2.05) is 4.90 Å². The van der Waals surface area contributed by atoms with Crippen LogP contribution in [0.15, 0.2) is 18.2 Å². The fraction of sp³-hybridized carbons (Fsp3) is 0.571. The number of alkyl halides is 2. The highest BCUT2D eigenvalue weighted by atomic mass is 19.3. The second-order valence-corrected chi connectivity index (χ2v) is 5.06. The Balaban J connectivity index is 2.12. The maximum absolute atomic E-state index is 12.3. The highest BCUT2D eigenvalue weighted by molar-refractivity contribution is 5.35. The van der Waals surface area contributed by atoms with E-state index < -0.39 is 6.43 Å². The van der Waals surface area contributed by atoms with Crippen LogP contribution in [0.3, 0.4) is 0 Å². The van der Waals surface area contributed by atoms with E-state index in [0.29, 0.717) is 12.5 Å². The van der Waals surface area contributed by atoms with Crippen molar-refractivity contribution in [3.63, 3.8) is 0 Å². The zero-order valence-electron chi connectivity index (χ0n) is 10.4. The molecule has 0 fully saturated rings. The quantitative estimate of drug-likeness (QED) is 0.781. The first-order valence-electron chi connectivity index (χ1n) is 6.18. The number of rotatable bonds is 3. The number of nitrogens with zero attached hydrogens (tertiary/aromatic N) is 1. The third-order valence-corrected chi connectivity index (χ3v) is 3.38. The number of hydrogen-bond acceptors (Lipinski definition) is 1. The van der Waals surface area contributed by atoms with Gasteiger partial charge in [-0.2, -0.15) is 0 Å². The average molecular weight is 239 g/mol. The number of benzene rings is 1. The summed E-state index contributed by atoms with van der Waals surface area (Å²) in [6.45, 7) is 5.66. The topological polar surface area (TPSA) is 3.24 Å². The maximum atomic E-state index is 12.3. The van der Waals surface area contributed by atoms with E-state index in [2.05, 4.69) is 32.0 Å². The smallest absolute Gasteiger partial charge is 0.251 e. The molecule has 1 aliphatic rings. The van der Waals surface area contributed by atoms with E-state index in [0.717, 1.165) is 13.0 Å². The molecule has 0 aromatic heterocycles. The Bertz CT molecular complexity index is 388. The number of hydrogen-bond donors (Lipinski definition) is 0. The van der Waals surface area contributed by atoms with Gasteiger partial charge in [0.1, 0.15) is 0 Å². The minimum atomic E-state index is -2.23. The van der Waals surface area contributed by atoms with E-state index in [4.69, 9.17) is 0 Å². The van der Waals surface area contributed by atoms with Gasteiger partial charge in [-0.25, -0.2) is 8.78 Å². The lowest BCUT2D eigenvalue weighted by Crippen LogP contribution is -2.34. The van der Waals surface area contributed by atoms with Gasteiger partial charge in [0.05, 0.1) is 6.54 Å². The second-order valence-electron chi connectivity index (χ2n) is 5.06. The summed E-state index contributed by atoms with van der Waals surface area (Å²) < 4.78 is 24.6. The van der Waals surface area contributed by atoms with Crippen molar-refractivity contribution in [1.82, 2.24) is 4.90 Å². The molecule has 1 aliphatic heterocycles. The minimum Gasteiger partial charge on any atom is -0.293 e. The van der Waals surface area contributed by atoms with Gasteiger partial charge in [0.2, 0.25) is 0 Å². The molecule has 1 nitrogen and oxygen atoms in total. The molecule has 0 bridgehead atoms. The molecule has 0 saturated carbocycles. The number of fused-ring (bicyclic) bond motifs is 1. The molecule has 1 heterocycles. The van der Waals surface area contributed by atoms with Crippen molar-refractivity contribution in [3.8, 4) is 0 Å². The molecule has 2 rings (SSSR count). The summed E-state index contributed by atoms with van der Waals surface area (Å²) in [7, 11) is 0. The highest BCUT2D eigenvalue weighted by Gasteiger charge is 2.19. The van der Waals surface area contributed by atoms with Crippen molar-refractivity contribution in [2.24, 2.45) is 0 Å². The Morgan fingerprint density at radius 1 is 1.24 bits per heavy atom. The predicted molar refractivity (Wildman–Crippen MR) is 65.5 cm³/mol. The van der Waals surface area contributed by atoms with Crippen LogP contribution in [0.2, 0.25) is 0 Å².